The third kappa shape index (κ3) is 3.35. The maximum Gasteiger partial charge on any atom is 0.254 e. The summed E-state index contributed by atoms with van der Waals surface area (Å²) in [4.78, 5) is 14.6. The van der Waals surface area contributed by atoms with E-state index in [1.807, 2.05) is 0 Å². The summed E-state index contributed by atoms with van der Waals surface area (Å²) < 4.78 is 23.7. The van der Waals surface area contributed by atoms with Gasteiger partial charge in [0.2, 0.25) is 0 Å². The Kier molecular flexibility index (Phi) is 4.57. The summed E-state index contributed by atoms with van der Waals surface area (Å²) in [5.41, 5.74) is 1.47. The quantitative estimate of drug-likeness (QED) is 0.874. The number of halogens is 1. The molecule has 0 radical (unpaired) electrons. The molecule has 1 aliphatic heterocycles. The van der Waals surface area contributed by atoms with E-state index in [4.69, 9.17) is 9.47 Å². The predicted molar refractivity (Wildman–Crippen MR) is 84.0 cm³/mol. The highest BCUT2D eigenvalue weighted by Crippen LogP contribution is 2.26. The van der Waals surface area contributed by atoms with Crippen LogP contribution in [0.15, 0.2) is 48.5 Å². The molecular weight excluding hydrogens is 297 g/mol. The van der Waals surface area contributed by atoms with Crippen LogP contribution in [0, 0.1) is 5.82 Å². The number of ether oxygens (including phenoxy) is 2. The van der Waals surface area contributed by atoms with Crippen molar-refractivity contribution in [3.05, 3.63) is 65.5 Å². The third-order valence-corrected chi connectivity index (χ3v) is 3.98. The number of morpholine rings is 1. The molecule has 23 heavy (non-hydrogen) atoms. The Morgan fingerprint density at radius 2 is 1.87 bits per heavy atom. The molecule has 1 fully saturated rings. The summed E-state index contributed by atoms with van der Waals surface area (Å²) >= 11 is 0. The van der Waals surface area contributed by atoms with Gasteiger partial charge in [0.1, 0.15) is 11.6 Å². The molecule has 0 aliphatic carbocycles. The highest BCUT2D eigenvalue weighted by molar-refractivity contribution is 5.94. The van der Waals surface area contributed by atoms with Gasteiger partial charge < -0.3 is 14.4 Å². The molecule has 0 spiro atoms. The van der Waals surface area contributed by atoms with Crippen molar-refractivity contribution in [3.8, 4) is 5.75 Å². The minimum atomic E-state index is -0.293. The van der Waals surface area contributed by atoms with Crippen molar-refractivity contribution in [1.29, 1.82) is 0 Å². The number of amides is 1. The lowest BCUT2D eigenvalue weighted by Crippen LogP contribution is -2.43. The number of hydrogen-bond acceptors (Lipinski definition) is 3. The fraction of sp³-hybridized carbons (Fsp3) is 0.278. The van der Waals surface area contributed by atoms with E-state index in [0.717, 1.165) is 5.56 Å². The Morgan fingerprint density at radius 3 is 2.52 bits per heavy atom. The van der Waals surface area contributed by atoms with E-state index < -0.39 is 0 Å². The first-order valence-corrected chi connectivity index (χ1v) is 7.47. The van der Waals surface area contributed by atoms with Crippen LogP contribution in [0.3, 0.4) is 0 Å². The molecule has 0 bridgehead atoms. The monoisotopic (exact) mass is 315 g/mol. The van der Waals surface area contributed by atoms with Crippen LogP contribution in [-0.2, 0) is 4.74 Å². The SMILES string of the molecule is COc1ccc(C(=O)N2CCOCC2c2ccc(F)cc2)cc1. The van der Waals surface area contributed by atoms with Crippen LogP contribution in [0.4, 0.5) is 4.39 Å². The van der Waals surface area contributed by atoms with Crippen LogP contribution in [0.5, 0.6) is 5.75 Å². The molecule has 0 N–H and O–H groups in total. The van der Waals surface area contributed by atoms with E-state index in [1.165, 1.54) is 12.1 Å². The van der Waals surface area contributed by atoms with Crippen molar-refractivity contribution < 1.29 is 18.7 Å². The number of benzene rings is 2. The Bertz CT molecular complexity index is 670. The Labute approximate surface area is 134 Å². The summed E-state index contributed by atoms with van der Waals surface area (Å²) in [7, 11) is 1.59. The summed E-state index contributed by atoms with van der Waals surface area (Å²) in [6.07, 6.45) is 0. The molecule has 1 saturated heterocycles. The van der Waals surface area contributed by atoms with E-state index in [0.29, 0.717) is 31.1 Å². The smallest absolute Gasteiger partial charge is 0.254 e. The number of nitrogens with zero attached hydrogens (tertiary/aromatic N) is 1. The standard InChI is InChI=1S/C18H18FNO3/c1-22-16-8-4-14(5-9-16)18(21)20-10-11-23-12-17(20)13-2-6-15(19)7-3-13/h2-9,17H,10-12H2,1H3. The van der Waals surface area contributed by atoms with Gasteiger partial charge in [0.15, 0.2) is 0 Å². The van der Waals surface area contributed by atoms with Gasteiger partial charge in [0.05, 0.1) is 26.4 Å². The van der Waals surface area contributed by atoms with Crippen molar-refractivity contribution in [1.82, 2.24) is 4.90 Å². The number of hydrogen-bond donors (Lipinski definition) is 0. The molecular formula is C18H18FNO3. The van der Waals surface area contributed by atoms with Crippen LogP contribution in [-0.4, -0.2) is 37.7 Å². The van der Waals surface area contributed by atoms with E-state index in [9.17, 15) is 9.18 Å². The number of carbonyl (C=O) groups is 1. The molecule has 1 amide bonds. The van der Waals surface area contributed by atoms with E-state index in [-0.39, 0.29) is 17.8 Å². The van der Waals surface area contributed by atoms with Gasteiger partial charge in [-0.15, -0.1) is 0 Å². The molecule has 5 heteroatoms. The average Bonchev–Trinajstić information content (AvgIpc) is 2.62. The Morgan fingerprint density at radius 1 is 1.17 bits per heavy atom. The minimum absolute atomic E-state index is 0.0646. The van der Waals surface area contributed by atoms with Crippen molar-refractivity contribution in [2.75, 3.05) is 26.9 Å². The predicted octanol–water partition coefficient (Wildman–Crippen LogP) is 3.05. The average molecular weight is 315 g/mol. The number of rotatable bonds is 3. The second-order valence-corrected chi connectivity index (χ2v) is 5.37. The molecule has 1 atom stereocenters. The fourth-order valence-electron chi connectivity index (χ4n) is 2.71. The lowest BCUT2D eigenvalue weighted by molar-refractivity contribution is -0.00271. The van der Waals surface area contributed by atoms with Gasteiger partial charge in [-0.2, -0.15) is 0 Å². The molecule has 120 valence electrons. The van der Waals surface area contributed by atoms with Gasteiger partial charge in [0, 0.05) is 12.1 Å². The van der Waals surface area contributed by atoms with Crippen molar-refractivity contribution in [2.24, 2.45) is 0 Å². The van der Waals surface area contributed by atoms with Crippen molar-refractivity contribution in [2.45, 2.75) is 6.04 Å². The zero-order chi connectivity index (χ0) is 16.2. The summed E-state index contributed by atoms with van der Waals surface area (Å²) in [6, 6.07) is 13.0. The maximum absolute atomic E-state index is 13.1. The second-order valence-electron chi connectivity index (χ2n) is 5.37. The van der Waals surface area contributed by atoms with E-state index >= 15 is 0 Å². The van der Waals surface area contributed by atoms with Crippen LogP contribution >= 0.6 is 0 Å². The topological polar surface area (TPSA) is 38.8 Å². The molecule has 1 heterocycles. The number of carbonyl (C=O) groups excluding carboxylic acids is 1. The van der Waals surface area contributed by atoms with Crippen LogP contribution < -0.4 is 4.74 Å². The molecule has 3 rings (SSSR count). The molecule has 2 aromatic rings. The van der Waals surface area contributed by atoms with Crippen molar-refractivity contribution >= 4 is 5.91 Å². The Balaban J connectivity index is 1.85. The van der Waals surface area contributed by atoms with Crippen LogP contribution in [0.2, 0.25) is 0 Å². The van der Waals surface area contributed by atoms with Gasteiger partial charge in [-0.05, 0) is 42.0 Å². The zero-order valence-corrected chi connectivity index (χ0v) is 12.9. The third-order valence-electron chi connectivity index (χ3n) is 3.98. The highest BCUT2D eigenvalue weighted by atomic mass is 19.1. The van der Waals surface area contributed by atoms with Gasteiger partial charge in [-0.1, -0.05) is 12.1 Å². The van der Waals surface area contributed by atoms with Gasteiger partial charge in [-0.3, -0.25) is 4.79 Å². The lowest BCUT2D eigenvalue weighted by Gasteiger charge is -2.36. The first-order valence-electron chi connectivity index (χ1n) is 7.47. The second kappa shape index (κ2) is 6.79. The van der Waals surface area contributed by atoms with E-state index in [1.54, 1.807) is 48.4 Å². The first kappa shape index (κ1) is 15.5. The first-order chi connectivity index (χ1) is 11.2. The van der Waals surface area contributed by atoms with Crippen LogP contribution in [0.25, 0.3) is 0 Å². The van der Waals surface area contributed by atoms with Crippen LogP contribution in [0.1, 0.15) is 22.0 Å². The molecule has 2 aromatic carbocycles. The normalized spacial score (nSPS) is 17.8. The Hall–Kier alpha value is -2.40. The van der Waals surface area contributed by atoms with Crippen molar-refractivity contribution in [3.63, 3.8) is 0 Å². The lowest BCUT2D eigenvalue weighted by atomic mass is 10.0. The largest absolute Gasteiger partial charge is 0.497 e. The van der Waals surface area contributed by atoms with E-state index in [2.05, 4.69) is 0 Å². The maximum atomic E-state index is 13.1. The van der Waals surface area contributed by atoms with Gasteiger partial charge in [0.25, 0.3) is 5.91 Å². The summed E-state index contributed by atoms with van der Waals surface area (Å²) in [6.45, 7) is 1.42. The summed E-state index contributed by atoms with van der Waals surface area (Å²) in [5, 5.41) is 0. The fourth-order valence-corrected chi connectivity index (χ4v) is 2.71. The number of methoxy groups -OCH3 is 1. The molecule has 1 unspecified atom stereocenters. The summed E-state index contributed by atoms with van der Waals surface area (Å²) in [5.74, 6) is 0.349. The molecule has 0 aromatic heterocycles. The van der Waals surface area contributed by atoms with Gasteiger partial charge >= 0.3 is 0 Å². The molecule has 4 nitrogen and oxygen atoms in total. The highest BCUT2D eigenvalue weighted by Gasteiger charge is 2.29. The molecule has 1 aliphatic rings. The zero-order valence-electron chi connectivity index (χ0n) is 12.9. The molecule has 0 saturated carbocycles. The minimum Gasteiger partial charge on any atom is -0.497 e. The van der Waals surface area contributed by atoms with Gasteiger partial charge in [-0.25, -0.2) is 4.39 Å².